The minimum absolute atomic E-state index is 0.161. The Morgan fingerprint density at radius 2 is 2.11 bits per heavy atom. The van der Waals surface area contributed by atoms with E-state index in [0.29, 0.717) is 12.3 Å². The smallest absolute Gasteiger partial charge is 0.257 e. The molecule has 1 aromatic carbocycles. The fourth-order valence-corrected chi connectivity index (χ4v) is 1.81. The lowest BCUT2D eigenvalue weighted by molar-refractivity contribution is 0.0313. The van der Waals surface area contributed by atoms with Crippen molar-refractivity contribution in [2.75, 3.05) is 20.2 Å². The van der Waals surface area contributed by atoms with Gasteiger partial charge in [-0.25, -0.2) is 4.39 Å². The van der Waals surface area contributed by atoms with Gasteiger partial charge in [0, 0.05) is 13.1 Å². The van der Waals surface area contributed by atoms with Gasteiger partial charge >= 0.3 is 0 Å². The molecule has 0 saturated carbocycles. The van der Waals surface area contributed by atoms with Crippen molar-refractivity contribution in [1.29, 1.82) is 0 Å². The number of likely N-dealkylation sites (N-methyl/N-ethyl adjacent to an activating group) is 1. The molecule has 0 atom stereocenters. The van der Waals surface area contributed by atoms with Crippen molar-refractivity contribution in [3.8, 4) is 5.75 Å². The predicted molar refractivity (Wildman–Crippen MR) is 70.8 cm³/mol. The molecular formula is C14H20FNO3. The van der Waals surface area contributed by atoms with Crippen LogP contribution in [0.1, 0.15) is 31.1 Å². The zero-order valence-corrected chi connectivity index (χ0v) is 11.7. The van der Waals surface area contributed by atoms with E-state index in [1.165, 1.54) is 24.1 Å². The average Bonchev–Trinajstić information content (AvgIpc) is 2.34. The largest absolute Gasteiger partial charge is 0.496 e. The van der Waals surface area contributed by atoms with Gasteiger partial charge in [0.05, 0.1) is 18.3 Å². The van der Waals surface area contributed by atoms with Crippen LogP contribution in [0, 0.1) is 5.82 Å². The molecule has 0 radical (unpaired) electrons. The van der Waals surface area contributed by atoms with Gasteiger partial charge in [0.25, 0.3) is 5.91 Å². The monoisotopic (exact) mass is 269 g/mol. The van der Waals surface area contributed by atoms with Crippen LogP contribution in [0.3, 0.4) is 0 Å². The normalized spacial score (nSPS) is 11.3. The molecule has 0 saturated heterocycles. The van der Waals surface area contributed by atoms with Crippen molar-refractivity contribution in [2.45, 2.75) is 26.4 Å². The van der Waals surface area contributed by atoms with Crippen molar-refractivity contribution in [1.82, 2.24) is 4.90 Å². The molecule has 0 aliphatic heterocycles. The summed E-state index contributed by atoms with van der Waals surface area (Å²) in [6.45, 7) is 5.62. The summed E-state index contributed by atoms with van der Waals surface area (Å²) in [5, 5.41) is 9.80. The van der Waals surface area contributed by atoms with Crippen LogP contribution in [0.4, 0.5) is 4.39 Å². The third kappa shape index (κ3) is 4.21. The molecule has 0 bridgehead atoms. The standard InChI is InChI=1S/C14H20FNO3/c1-5-16(9-14(2,3)18)13(17)11-8-10(15)6-7-12(11)19-4/h6-8,18H,5,9H2,1-4H3. The minimum Gasteiger partial charge on any atom is -0.496 e. The highest BCUT2D eigenvalue weighted by Crippen LogP contribution is 2.22. The van der Waals surface area contributed by atoms with Crippen LogP contribution in [-0.2, 0) is 0 Å². The Labute approximate surface area is 112 Å². The van der Waals surface area contributed by atoms with Gasteiger partial charge < -0.3 is 14.7 Å². The number of amides is 1. The number of ether oxygens (including phenoxy) is 1. The molecule has 1 aromatic rings. The van der Waals surface area contributed by atoms with E-state index < -0.39 is 11.4 Å². The van der Waals surface area contributed by atoms with Gasteiger partial charge in [-0.3, -0.25) is 4.79 Å². The number of carbonyl (C=O) groups is 1. The van der Waals surface area contributed by atoms with Gasteiger partial charge in [0.1, 0.15) is 11.6 Å². The lowest BCUT2D eigenvalue weighted by Gasteiger charge is -2.28. The summed E-state index contributed by atoms with van der Waals surface area (Å²) in [6, 6.07) is 3.80. The molecule has 0 fully saturated rings. The molecule has 0 aliphatic rings. The molecule has 0 heterocycles. The lowest BCUT2D eigenvalue weighted by atomic mass is 10.1. The molecule has 0 spiro atoms. The van der Waals surface area contributed by atoms with E-state index >= 15 is 0 Å². The summed E-state index contributed by atoms with van der Waals surface area (Å²) in [4.78, 5) is 13.8. The first kappa shape index (κ1) is 15.4. The maximum Gasteiger partial charge on any atom is 0.257 e. The van der Waals surface area contributed by atoms with E-state index in [1.807, 2.05) is 0 Å². The van der Waals surface area contributed by atoms with Crippen LogP contribution in [0.15, 0.2) is 18.2 Å². The van der Waals surface area contributed by atoms with Crippen molar-refractivity contribution in [3.05, 3.63) is 29.6 Å². The second kappa shape index (κ2) is 6.02. The summed E-state index contributed by atoms with van der Waals surface area (Å²) in [7, 11) is 1.43. The van der Waals surface area contributed by atoms with E-state index in [-0.39, 0.29) is 18.0 Å². The van der Waals surface area contributed by atoms with E-state index in [0.717, 1.165) is 6.07 Å². The highest BCUT2D eigenvalue weighted by atomic mass is 19.1. The number of hydrogen-bond acceptors (Lipinski definition) is 3. The van der Waals surface area contributed by atoms with Crippen molar-refractivity contribution >= 4 is 5.91 Å². The molecule has 19 heavy (non-hydrogen) atoms. The topological polar surface area (TPSA) is 49.8 Å². The highest BCUT2D eigenvalue weighted by Gasteiger charge is 2.24. The van der Waals surface area contributed by atoms with Gasteiger partial charge in [-0.15, -0.1) is 0 Å². The molecule has 5 heteroatoms. The maximum absolute atomic E-state index is 13.3. The second-order valence-electron chi connectivity index (χ2n) is 4.98. The fraction of sp³-hybridized carbons (Fsp3) is 0.500. The van der Waals surface area contributed by atoms with Crippen LogP contribution in [0.2, 0.25) is 0 Å². The van der Waals surface area contributed by atoms with Crippen LogP contribution in [-0.4, -0.2) is 41.7 Å². The highest BCUT2D eigenvalue weighted by molar-refractivity contribution is 5.97. The Hall–Kier alpha value is -1.62. The van der Waals surface area contributed by atoms with Crippen molar-refractivity contribution in [2.24, 2.45) is 0 Å². The summed E-state index contributed by atoms with van der Waals surface area (Å²) in [5.41, 5.74) is -0.847. The summed E-state index contributed by atoms with van der Waals surface area (Å²) < 4.78 is 18.3. The minimum atomic E-state index is -1.01. The Morgan fingerprint density at radius 3 is 2.58 bits per heavy atom. The Morgan fingerprint density at radius 1 is 1.47 bits per heavy atom. The number of carbonyl (C=O) groups excluding carboxylic acids is 1. The third-order valence-corrected chi connectivity index (χ3v) is 2.64. The number of nitrogens with zero attached hydrogens (tertiary/aromatic N) is 1. The van der Waals surface area contributed by atoms with Gasteiger partial charge in [0.2, 0.25) is 0 Å². The third-order valence-electron chi connectivity index (χ3n) is 2.64. The van der Waals surface area contributed by atoms with Gasteiger partial charge in [-0.1, -0.05) is 0 Å². The lowest BCUT2D eigenvalue weighted by Crippen LogP contribution is -2.42. The van der Waals surface area contributed by atoms with Crippen molar-refractivity contribution in [3.63, 3.8) is 0 Å². The Kier molecular flexibility index (Phi) is 4.89. The van der Waals surface area contributed by atoms with Gasteiger partial charge in [0.15, 0.2) is 0 Å². The number of benzene rings is 1. The van der Waals surface area contributed by atoms with Crippen LogP contribution < -0.4 is 4.74 Å². The van der Waals surface area contributed by atoms with Crippen LogP contribution in [0.25, 0.3) is 0 Å². The fourth-order valence-electron chi connectivity index (χ4n) is 1.81. The molecule has 106 valence electrons. The van der Waals surface area contributed by atoms with E-state index in [2.05, 4.69) is 0 Å². The first-order valence-corrected chi connectivity index (χ1v) is 6.13. The quantitative estimate of drug-likeness (QED) is 0.890. The summed E-state index contributed by atoms with van der Waals surface area (Å²) in [5.74, 6) is -0.537. The van der Waals surface area contributed by atoms with E-state index in [9.17, 15) is 14.3 Å². The molecule has 0 unspecified atom stereocenters. The molecule has 0 aliphatic carbocycles. The molecule has 1 rings (SSSR count). The van der Waals surface area contributed by atoms with E-state index in [4.69, 9.17) is 4.74 Å². The molecule has 1 N–H and O–H groups in total. The van der Waals surface area contributed by atoms with Gasteiger partial charge in [-0.2, -0.15) is 0 Å². The SMILES string of the molecule is CCN(CC(C)(C)O)C(=O)c1cc(F)ccc1OC. The van der Waals surface area contributed by atoms with E-state index in [1.54, 1.807) is 20.8 Å². The Bertz CT molecular complexity index is 454. The Balaban J connectivity index is 3.06. The molecular weight excluding hydrogens is 249 g/mol. The maximum atomic E-state index is 13.3. The van der Waals surface area contributed by atoms with Crippen LogP contribution >= 0.6 is 0 Å². The zero-order chi connectivity index (χ0) is 14.6. The summed E-state index contributed by atoms with van der Waals surface area (Å²) in [6.07, 6.45) is 0. The van der Waals surface area contributed by atoms with Crippen molar-refractivity contribution < 1.29 is 19.0 Å². The summed E-state index contributed by atoms with van der Waals surface area (Å²) >= 11 is 0. The number of methoxy groups -OCH3 is 1. The first-order chi connectivity index (χ1) is 8.78. The first-order valence-electron chi connectivity index (χ1n) is 6.13. The van der Waals surface area contributed by atoms with Gasteiger partial charge in [-0.05, 0) is 39.0 Å². The molecule has 4 nitrogen and oxygen atoms in total. The second-order valence-corrected chi connectivity index (χ2v) is 4.98. The molecule has 0 aromatic heterocycles. The van der Waals surface area contributed by atoms with Crippen LogP contribution in [0.5, 0.6) is 5.75 Å². The number of rotatable bonds is 5. The number of aliphatic hydroxyl groups is 1. The molecule has 1 amide bonds. The zero-order valence-electron chi connectivity index (χ0n) is 11.7. The number of hydrogen-bond donors (Lipinski definition) is 1. The predicted octanol–water partition coefficient (Wildman–Crippen LogP) is 2.07. The average molecular weight is 269 g/mol. The number of halogens is 1.